The van der Waals surface area contributed by atoms with Gasteiger partial charge in [-0.2, -0.15) is 0 Å². The Morgan fingerprint density at radius 2 is 1.71 bits per heavy atom. The van der Waals surface area contributed by atoms with Gasteiger partial charge in [-0.1, -0.05) is 35.4 Å². The van der Waals surface area contributed by atoms with E-state index in [2.05, 4.69) is 36.6 Å². The summed E-state index contributed by atoms with van der Waals surface area (Å²) in [5.74, 6) is -3.89. The number of carbonyl (C=O) groups is 6. The van der Waals surface area contributed by atoms with Crippen LogP contribution in [0.3, 0.4) is 0 Å². The molecular weight excluding hydrogens is 536 g/mol. The Morgan fingerprint density at radius 1 is 1.03 bits per heavy atom. The van der Waals surface area contributed by atoms with E-state index in [0.717, 1.165) is 0 Å². The molecule has 5 atom stereocenters. The molecule has 3 unspecified atom stereocenters. The van der Waals surface area contributed by atoms with Gasteiger partial charge in [0.25, 0.3) is 0 Å². The van der Waals surface area contributed by atoms with Crippen LogP contribution in [0.2, 0.25) is 0 Å². The first-order valence-corrected chi connectivity index (χ1v) is 14.4. The summed E-state index contributed by atoms with van der Waals surface area (Å²) >= 11 is 0. The number of nitrogens with one attached hydrogen (secondary N) is 6. The van der Waals surface area contributed by atoms with Crippen LogP contribution in [0, 0.1) is 5.92 Å². The zero-order valence-corrected chi connectivity index (χ0v) is 23.2. The summed E-state index contributed by atoms with van der Waals surface area (Å²) < 4.78 is 0. The van der Waals surface area contributed by atoms with Crippen LogP contribution in [0.4, 0.5) is 0 Å². The normalized spacial score (nSPS) is 26.4. The van der Waals surface area contributed by atoms with E-state index in [0.29, 0.717) is 5.69 Å². The fourth-order valence-electron chi connectivity index (χ4n) is 3.41. The van der Waals surface area contributed by atoms with E-state index in [9.17, 15) is 28.8 Å². The Kier molecular flexibility index (Phi) is 11.9. The van der Waals surface area contributed by atoms with Gasteiger partial charge in [0.1, 0.15) is 30.2 Å². The van der Waals surface area contributed by atoms with Gasteiger partial charge < -0.3 is 37.3 Å². The minimum absolute atomic E-state index is 0.0396. The summed E-state index contributed by atoms with van der Waals surface area (Å²) in [5.41, 5.74) is 6.02. The van der Waals surface area contributed by atoms with Gasteiger partial charge in [-0.05, 0) is 12.8 Å². The zero-order chi connectivity index (χ0) is 28.4. The fraction of sp³-hybridized carbons (Fsp3) is 0.591. The lowest BCUT2D eigenvalue weighted by atomic mass is 10.0. The second-order valence-corrected chi connectivity index (χ2v) is 11.6. The number of nitrogens with two attached hydrogens (primary N) is 1. The number of rotatable bonds is 5. The van der Waals surface area contributed by atoms with E-state index in [-0.39, 0.29) is 23.8 Å². The summed E-state index contributed by atoms with van der Waals surface area (Å²) in [6.45, 7) is 6.13. The van der Waals surface area contributed by atoms with Gasteiger partial charge in [0, 0.05) is 36.7 Å². The maximum absolute atomic E-state index is 13.1. The van der Waals surface area contributed by atoms with Crippen molar-refractivity contribution in [3.8, 4) is 0 Å². The predicted molar refractivity (Wildman–Crippen MR) is 142 cm³/mol. The predicted octanol–water partition coefficient (Wildman–Crippen LogP) is -2.05. The quantitative estimate of drug-likeness (QED) is 0.194. The number of primary amides is 1. The molecule has 2 heterocycles. The smallest absolute Gasteiger partial charge is 0.244 e. The molecule has 1 aromatic heterocycles. The zero-order valence-electron chi connectivity index (χ0n) is 21.5. The van der Waals surface area contributed by atoms with Gasteiger partial charge in [-0.3, -0.25) is 28.8 Å². The van der Waals surface area contributed by atoms with Crippen LogP contribution in [0.5, 0.6) is 0 Å². The van der Waals surface area contributed by atoms with E-state index >= 15 is 0 Å². The van der Waals surface area contributed by atoms with Crippen molar-refractivity contribution in [3.05, 3.63) is 18.2 Å². The second-order valence-electron chi connectivity index (χ2n) is 9.09. The van der Waals surface area contributed by atoms with Gasteiger partial charge in [0.15, 0.2) is 0 Å². The third kappa shape index (κ3) is 9.55. The number of H-pyrrole nitrogens is 1. The van der Waals surface area contributed by atoms with Crippen LogP contribution < -0.4 is 32.3 Å². The van der Waals surface area contributed by atoms with Crippen LogP contribution >= 0.6 is 21.6 Å². The Bertz CT molecular complexity index is 1020. The Hall–Kier alpha value is -3.27. The van der Waals surface area contributed by atoms with Crippen LogP contribution in [0.25, 0.3) is 0 Å². The molecule has 0 radical (unpaired) electrons. The number of imidazole rings is 1. The molecule has 8 N–H and O–H groups in total. The molecule has 0 aromatic carbocycles. The van der Waals surface area contributed by atoms with E-state index < -0.39 is 65.7 Å². The Morgan fingerprint density at radius 3 is 2.29 bits per heavy atom. The second kappa shape index (κ2) is 14.6. The minimum Gasteiger partial charge on any atom is -0.368 e. The van der Waals surface area contributed by atoms with E-state index in [1.54, 1.807) is 13.8 Å². The monoisotopic (exact) mass is 570 g/mol. The van der Waals surface area contributed by atoms with E-state index in [1.807, 2.05) is 0 Å². The summed E-state index contributed by atoms with van der Waals surface area (Å²) in [5, 5.41) is 12.9. The molecule has 1 saturated heterocycles. The number of aromatic amines is 1. The largest absolute Gasteiger partial charge is 0.368 e. The molecule has 1 aromatic rings. The summed E-state index contributed by atoms with van der Waals surface area (Å²) in [6, 6.07) is -5.23. The average Bonchev–Trinajstić information content (AvgIpc) is 3.34. The number of hydrogen-bond acceptors (Lipinski definition) is 9. The van der Waals surface area contributed by atoms with Crippen molar-refractivity contribution in [2.45, 2.75) is 64.3 Å². The standard InChI is InChI=1S/C22H34N8O6S2/c1-10(2)17-22(36)29-15(18(23)32)7-37-38-8-16(27-12(4)31)21(35)28-14(5-13-6-24-9-25-13)20(34)26-11(3)19(33)30-17/h6,9-11,14-17H,5,7-8H2,1-4H3,(H2,23,32)(H,24,25)(H,26,34)(H,27,31)(H,28,35)(H,29,36)(H,30,33)/t11?,14?,15-,16-,17?/m0/s1. The topological polar surface area (TPSA) is 217 Å². The van der Waals surface area contributed by atoms with Crippen molar-refractivity contribution in [1.29, 1.82) is 0 Å². The number of nitrogens with zero attached hydrogens (tertiary/aromatic N) is 1. The fourth-order valence-corrected chi connectivity index (χ4v) is 5.75. The van der Waals surface area contributed by atoms with Crippen molar-refractivity contribution in [2.75, 3.05) is 11.5 Å². The highest BCUT2D eigenvalue weighted by Crippen LogP contribution is 2.23. The Labute approximate surface area is 227 Å². The van der Waals surface area contributed by atoms with Gasteiger partial charge in [-0.25, -0.2) is 4.98 Å². The molecule has 0 aliphatic carbocycles. The first-order valence-electron chi connectivity index (χ1n) is 11.9. The van der Waals surface area contributed by atoms with Crippen molar-refractivity contribution in [3.63, 3.8) is 0 Å². The first-order chi connectivity index (χ1) is 17.9. The van der Waals surface area contributed by atoms with Crippen molar-refractivity contribution in [1.82, 2.24) is 36.6 Å². The molecule has 2 rings (SSSR count). The van der Waals surface area contributed by atoms with Crippen LogP contribution in [0.1, 0.15) is 33.4 Å². The molecule has 1 aliphatic rings. The summed E-state index contributed by atoms with van der Waals surface area (Å²) in [4.78, 5) is 82.6. The molecule has 6 amide bonds. The molecule has 0 bridgehead atoms. The van der Waals surface area contributed by atoms with Gasteiger partial charge in [0.2, 0.25) is 35.4 Å². The molecular formula is C22H34N8O6S2. The van der Waals surface area contributed by atoms with Gasteiger partial charge >= 0.3 is 0 Å². The van der Waals surface area contributed by atoms with Crippen LogP contribution in [-0.2, 0) is 35.2 Å². The highest BCUT2D eigenvalue weighted by Gasteiger charge is 2.32. The highest BCUT2D eigenvalue weighted by molar-refractivity contribution is 8.76. The lowest BCUT2D eigenvalue weighted by Crippen LogP contribution is -2.59. The molecule has 210 valence electrons. The summed E-state index contributed by atoms with van der Waals surface area (Å²) in [6.07, 6.45) is 2.96. The average molecular weight is 571 g/mol. The van der Waals surface area contributed by atoms with E-state index in [1.165, 1.54) is 48.0 Å². The number of aromatic nitrogens is 2. The van der Waals surface area contributed by atoms with Crippen molar-refractivity contribution >= 4 is 57.0 Å². The molecule has 16 heteroatoms. The van der Waals surface area contributed by atoms with Crippen molar-refractivity contribution in [2.24, 2.45) is 11.7 Å². The maximum Gasteiger partial charge on any atom is 0.244 e. The Balaban J connectivity index is 2.36. The maximum atomic E-state index is 13.1. The molecule has 1 fully saturated rings. The first kappa shape index (κ1) is 31.0. The third-order valence-electron chi connectivity index (χ3n) is 5.52. The molecule has 1 aliphatic heterocycles. The number of amides is 6. The molecule has 38 heavy (non-hydrogen) atoms. The van der Waals surface area contributed by atoms with Gasteiger partial charge in [-0.15, -0.1) is 0 Å². The highest BCUT2D eigenvalue weighted by atomic mass is 33.1. The van der Waals surface area contributed by atoms with Crippen LogP contribution in [0.15, 0.2) is 12.5 Å². The lowest BCUT2D eigenvalue weighted by Gasteiger charge is -2.26. The lowest BCUT2D eigenvalue weighted by molar-refractivity contribution is -0.135. The molecule has 0 spiro atoms. The third-order valence-corrected chi connectivity index (χ3v) is 7.94. The number of hydrogen-bond donors (Lipinski definition) is 7. The molecule has 0 saturated carbocycles. The number of carbonyl (C=O) groups excluding carboxylic acids is 6. The summed E-state index contributed by atoms with van der Waals surface area (Å²) in [7, 11) is 2.35. The SMILES string of the molecule is CC(=O)N[C@H]1CSSC[C@@H](C(N)=O)NC(=O)C(C(C)C)NC(=O)C(C)NC(=O)C(Cc2cnc[nH]2)NC1=O. The van der Waals surface area contributed by atoms with E-state index in [4.69, 9.17) is 5.73 Å². The van der Waals surface area contributed by atoms with Crippen LogP contribution in [-0.4, -0.2) is 87.1 Å². The minimum atomic E-state index is -1.11. The molecule has 14 nitrogen and oxygen atoms in total. The van der Waals surface area contributed by atoms with Gasteiger partial charge in [0.05, 0.1) is 6.33 Å². The van der Waals surface area contributed by atoms with Crippen molar-refractivity contribution < 1.29 is 28.8 Å².